The second kappa shape index (κ2) is 7.22. The molecule has 0 unspecified atom stereocenters. The lowest BCUT2D eigenvalue weighted by atomic mass is 10.2. The number of aromatic nitrogens is 2. The van der Waals surface area contributed by atoms with E-state index in [2.05, 4.69) is 59.4 Å². The third kappa shape index (κ3) is 3.44. The summed E-state index contributed by atoms with van der Waals surface area (Å²) < 4.78 is 7.76. The van der Waals surface area contributed by atoms with Gasteiger partial charge in [0.1, 0.15) is 5.76 Å². The van der Waals surface area contributed by atoms with Crippen molar-refractivity contribution >= 4 is 16.5 Å². The number of rotatable bonds is 6. The van der Waals surface area contributed by atoms with Crippen molar-refractivity contribution in [2.45, 2.75) is 26.9 Å². The number of hydrogen-bond donors (Lipinski definition) is 1. The Labute approximate surface area is 157 Å². The largest absolute Gasteiger partial charge is 0.467 e. The average molecular weight is 363 g/mol. The Hall–Kier alpha value is -2.79. The molecule has 0 bridgehead atoms. The molecule has 0 radical (unpaired) electrons. The number of aryl methyl sites for hydroxylation is 1. The topological polar surface area (TPSA) is 43.0 Å². The summed E-state index contributed by atoms with van der Waals surface area (Å²) in [5.74, 6) is 0.960. The molecule has 26 heavy (non-hydrogen) atoms. The van der Waals surface area contributed by atoms with Crippen LogP contribution in [0.25, 0.3) is 11.3 Å². The first-order valence-electron chi connectivity index (χ1n) is 8.63. The van der Waals surface area contributed by atoms with Crippen LogP contribution in [0.5, 0.6) is 0 Å². The van der Waals surface area contributed by atoms with Crippen molar-refractivity contribution in [2.24, 2.45) is 0 Å². The maximum Gasteiger partial charge on any atom is 0.183 e. The van der Waals surface area contributed by atoms with Crippen LogP contribution in [-0.2, 0) is 13.1 Å². The fourth-order valence-electron chi connectivity index (χ4n) is 3.11. The van der Waals surface area contributed by atoms with Crippen molar-refractivity contribution in [1.29, 1.82) is 0 Å². The Kier molecular flexibility index (Phi) is 4.63. The van der Waals surface area contributed by atoms with Crippen molar-refractivity contribution in [3.05, 3.63) is 82.9 Å². The van der Waals surface area contributed by atoms with Gasteiger partial charge in [-0.1, -0.05) is 30.3 Å². The second-order valence-corrected chi connectivity index (χ2v) is 7.19. The lowest BCUT2D eigenvalue weighted by Gasteiger charge is -2.07. The van der Waals surface area contributed by atoms with E-state index >= 15 is 0 Å². The molecule has 5 heteroatoms. The maximum absolute atomic E-state index is 5.50. The summed E-state index contributed by atoms with van der Waals surface area (Å²) in [7, 11) is 0. The van der Waals surface area contributed by atoms with E-state index in [9.17, 15) is 0 Å². The van der Waals surface area contributed by atoms with Crippen LogP contribution in [0, 0.1) is 13.8 Å². The Bertz CT molecular complexity index is 984. The summed E-state index contributed by atoms with van der Waals surface area (Å²) in [6.45, 7) is 5.79. The average Bonchev–Trinajstić information content (AvgIpc) is 3.39. The molecule has 0 aliphatic rings. The van der Waals surface area contributed by atoms with E-state index in [1.54, 1.807) is 17.6 Å². The molecule has 0 amide bonds. The van der Waals surface area contributed by atoms with Gasteiger partial charge in [-0.15, -0.1) is 11.3 Å². The lowest BCUT2D eigenvalue weighted by molar-refractivity contribution is 0.489. The number of furan rings is 1. The first-order chi connectivity index (χ1) is 12.7. The summed E-state index contributed by atoms with van der Waals surface area (Å²) >= 11 is 1.64. The summed E-state index contributed by atoms with van der Waals surface area (Å²) in [5.41, 5.74) is 5.86. The highest BCUT2D eigenvalue weighted by Gasteiger charge is 2.14. The van der Waals surface area contributed by atoms with Gasteiger partial charge in [0.25, 0.3) is 0 Å². The highest BCUT2D eigenvalue weighted by molar-refractivity contribution is 7.14. The molecule has 0 aliphatic heterocycles. The van der Waals surface area contributed by atoms with Crippen molar-refractivity contribution < 1.29 is 4.42 Å². The van der Waals surface area contributed by atoms with Gasteiger partial charge in [-0.2, -0.15) is 0 Å². The molecule has 0 saturated carbocycles. The van der Waals surface area contributed by atoms with Crippen molar-refractivity contribution in [1.82, 2.24) is 9.55 Å². The maximum atomic E-state index is 5.50. The molecule has 132 valence electrons. The molecule has 0 atom stereocenters. The van der Waals surface area contributed by atoms with Crippen LogP contribution in [0.2, 0.25) is 0 Å². The van der Waals surface area contributed by atoms with E-state index in [0.29, 0.717) is 0 Å². The number of anilines is 1. The SMILES string of the molecule is Cc1cc(-c2csc(NCc3ccccc3)n2)c(C)n1Cc1ccco1. The van der Waals surface area contributed by atoms with Gasteiger partial charge in [-0.05, 0) is 37.6 Å². The van der Waals surface area contributed by atoms with Gasteiger partial charge in [0.2, 0.25) is 0 Å². The third-order valence-corrected chi connectivity index (χ3v) is 5.33. The second-order valence-electron chi connectivity index (χ2n) is 6.33. The van der Waals surface area contributed by atoms with Crippen LogP contribution in [-0.4, -0.2) is 9.55 Å². The molecule has 3 heterocycles. The minimum atomic E-state index is 0.744. The third-order valence-electron chi connectivity index (χ3n) is 4.53. The highest BCUT2D eigenvalue weighted by atomic mass is 32.1. The Balaban J connectivity index is 1.52. The van der Waals surface area contributed by atoms with Gasteiger partial charge in [0, 0.05) is 28.9 Å². The monoisotopic (exact) mass is 363 g/mol. The molecule has 0 saturated heterocycles. The van der Waals surface area contributed by atoms with Gasteiger partial charge in [0.15, 0.2) is 5.13 Å². The molecule has 1 N–H and O–H groups in total. The van der Waals surface area contributed by atoms with Crippen molar-refractivity contribution in [3.63, 3.8) is 0 Å². The van der Waals surface area contributed by atoms with Crippen LogP contribution in [0.15, 0.2) is 64.6 Å². The van der Waals surface area contributed by atoms with Crippen LogP contribution in [0.3, 0.4) is 0 Å². The van der Waals surface area contributed by atoms with Crippen LogP contribution >= 0.6 is 11.3 Å². The summed E-state index contributed by atoms with van der Waals surface area (Å²) in [4.78, 5) is 4.78. The van der Waals surface area contributed by atoms with E-state index in [4.69, 9.17) is 9.40 Å². The summed E-state index contributed by atoms with van der Waals surface area (Å²) in [5, 5.41) is 6.48. The minimum absolute atomic E-state index is 0.744. The number of hydrogen-bond acceptors (Lipinski definition) is 4. The number of nitrogens with one attached hydrogen (secondary N) is 1. The number of benzene rings is 1. The quantitative estimate of drug-likeness (QED) is 0.493. The molecule has 0 spiro atoms. The van der Waals surface area contributed by atoms with E-state index in [1.165, 1.54) is 22.5 Å². The van der Waals surface area contributed by atoms with Gasteiger partial charge < -0.3 is 14.3 Å². The van der Waals surface area contributed by atoms with Crippen molar-refractivity contribution in [2.75, 3.05) is 5.32 Å². The van der Waals surface area contributed by atoms with E-state index < -0.39 is 0 Å². The van der Waals surface area contributed by atoms with E-state index in [1.807, 2.05) is 18.2 Å². The van der Waals surface area contributed by atoms with Crippen LogP contribution in [0.4, 0.5) is 5.13 Å². The fourth-order valence-corrected chi connectivity index (χ4v) is 3.82. The minimum Gasteiger partial charge on any atom is -0.467 e. The smallest absolute Gasteiger partial charge is 0.183 e. The first-order valence-corrected chi connectivity index (χ1v) is 9.51. The zero-order valence-electron chi connectivity index (χ0n) is 14.9. The zero-order chi connectivity index (χ0) is 17.9. The molecule has 1 aromatic carbocycles. The molecule has 4 rings (SSSR count). The Morgan fingerprint density at radius 1 is 1.12 bits per heavy atom. The Morgan fingerprint density at radius 3 is 2.73 bits per heavy atom. The zero-order valence-corrected chi connectivity index (χ0v) is 15.7. The van der Waals surface area contributed by atoms with Gasteiger partial charge in [-0.3, -0.25) is 0 Å². The number of nitrogens with zero attached hydrogens (tertiary/aromatic N) is 2. The molecule has 3 aromatic heterocycles. The normalized spacial score (nSPS) is 11.0. The summed E-state index contributed by atoms with van der Waals surface area (Å²) in [6, 6.07) is 16.5. The molecule has 4 aromatic rings. The predicted octanol–water partition coefficient (Wildman–Crippen LogP) is 5.48. The molecular weight excluding hydrogens is 342 g/mol. The standard InChI is InChI=1S/C21H21N3OS/c1-15-11-19(16(2)24(15)13-18-9-6-10-25-18)20-14-26-21(23-20)22-12-17-7-4-3-5-8-17/h3-11,14H,12-13H2,1-2H3,(H,22,23). The molecule has 4 nitrogen and oxygen atoms in total. The van der Waals surface area contributed by atoms with E-state index in [0.717, 1.165) is 29.7 Å². The first kappa shape index (κ1) is 16.7. The highest BCUT2D eigenvalue weighted by Crippen LogP contribution is 2.30. The van der Waals surface area contributed by atoms with E-state index in [-0.39, 0.29) is 0 Å². The van der Waals surface area contributed by atoms with Crippen molar-refractivity contribution in [3.8, 4) is 11.3 Å². The lowest BCUT2D eigenvalue weighted by Crippen LogP contribution is -2.03. The fraction of sp³-hybridized carbons (Fsp3) is 0.190. The van der Waals surface area contributed by atoms with Gasteiger partial charge >= 0.3 is 0 Å². The Morgan fingerprint density at radius 2 is 1.96 bits per heavy atom. The van der Waals surface area contributed by atoms with Crippen LogP contribution in [0.1, 0.15) is 22.7 Å². The predicted molar refractivity (Wildman–Crippen MR) is 107 cm³/mol. The molecule has 0 fully saturated rings. The van der Waals surface area contributed by atoms with Crippen LogP contribution < -0.4 is 5.32 Å². The number of thiazole rings is 1. The van der Waals surface area contributed by atoms with Gasteiger partial charge in [0.05, 0.1) is 18.5 Å². The molecular formula is C21H21N3OS. The van der Waals surface area contributed by atoms with Gasteiger partial charge in [-0.25, -0.2) is 4.98 Å². The summed E-state index contributed by atoms with van der Waals surface area (Å²) in [6.07, 6.45) is 1.72. The molecule has 0 aliphatic carbocycles.